The number of benzene rings is 1. The Labute approximate surface area is 129 Å². The number of fused-ring (bicyclic) bond motifs is 1. The van der Waals surface area contributed by atoms with E-state index in [-0.39, 0.29) is 0 Å². The van der Waals surface area contributed by atoms with Crippen molar-refractivity contribution in [2.75, 3.05) is 24.6 Å². The van der Waals surface area contributed by atoms with Crippen LogP contribution in [0, 0.1) is 6.92 Å². The van der Waals surface area contributed by atoms with Gasteiger partial charge in [-0.3, -0.25) is 0 Å². The topological polar surface area (TPSA) is 37.4 Å². The smallest absolute Gasteiger partial charge is 0.186 e. The fourth-order valence-corrected chi connectivity index (χ4v) is 3.49. The Balaban J connectivity index is 1.81. The molecule has 0 atom stereocenters. The third kappa shape index (κ3) is 3.19. The highest BCUT2D eigenvalue weighted by atomic mass is 32.1. The van der Waals surface area contributed by atoms with Crippen LogP contribution in [0.15, 0.2) is 24.3 Å². The number of aryl methyl sites for hydroxylation is 1. The van der Waals surface area contributed by atoms with Gasteiger partial charge in [0.2, 0.25) is 0 Å². The number of hydrogen-bond donors (Lipinski definition) is 1. The van der Waals surface area contributed by atoms with Gasteiger partial charge in [0, 0.05) is 23.5 Å². The van der Waals surface area contributed by atoms with Crippen molar-refractivity contribution in [2.24, 2.45) is 0 Å². The summed E-state index contributed by atoms with van der Waals surface area (Å²) in [6.07, 6.45) is 0. The summed E-state index contributed by atoms with van der Waals surface area (Å²) in [7, 11) is 0. The van der Waals surface area contributed by atoms with Gasteiger partial charge in [0.05, 0.1) is 12.2 Å². The lowest BCUT2D eigenvalue weighted by Crippen LogP contribution is -2.25. The Kier molecular flexibility index (Phi) is 4.41. The van der Waals surface area contributed by atoms with E-state index in [4.69, 9.17) is 9.72 Å². The molecule has 1 N–H and O–H groups in total. The summed E-state index contributed by atoms with van der Waals surface area (Å²) in [5, 5.41) is 4.47. The third-order valence-corrected chi connectivity index (χ3v) is 4.86. The lowest BCUT2D eigenvalue weighted by Gasteiger charge is -2.18. The van der Waals surface area contributed by atoms with Gasteiger partial charge in [0.1, 0.15) is 12.4 Å². The first kappa shape index (κ1) is 14.4. The second-order valence-corrected chi connectivity index (χ2v) is 6.23. The second-order valence-electron chi connectivity index (χ2n) is 5.16. The third-order valence-electron chi connectivity index (χ3n) is 3.64. The van der Waals surface area contributed by atoms with Gasteiger partial charge in [-0.15, -0.1) is 11.3 Å². The zero-order chi connectivity index (χ0) is 14.7. The predicted molar refractivity (Wildman–Crippen MR) is 87.2 cm³/mol. The molecule has 1 aliphatic heterocycles. The van der Waals surface area contributed by atoms with Crippen molar-refractivity contribution in [3.05, 3.63) is 40.4 Å². The van der Waals surface area contributed by atoms with E-state index in [0.29, 0.717) is 6.61 Å². The van der Waals surface area contributed by atoms with Crippen LogP contribution < -0.4 is 15.0 Å². The van der Waals surface area contributed by atoms with Crippen molar-refractivity contribution in [3.63, 3.8) is 0 Å². The Morgan fingerprint density at radius 2 is 2.24 bits per heavy atom. The van der Waals surface area contributed by atoms with E-state index in [1.165, 1.54) is 10.4 Å². The van der Waals surface area contributed by atoms with Crippen molar-refractivity contribution in [1.82, 2.24) is 10.3 Å². The molecule has 1 aliphatic rings. The molecule has 0 bridgehead atoms. The van der Waals surface area contributed by atoms with Gasteiger partial charge in [-0.25, -0.2) is 4.98 Å². The van der Waals surface area contributed by atoms with E-state index >= 15 is 0 Å². The molecule has 0 radical (unpaired) electrons. The average Bonchev–Trinajstić information content (AvgIpc) is 2.73. The molecule has 112 valence electrons. The molecule has 0 saturated heterocycles. The Morgan fingerprint density at radius 3 is 3.10 bits per heavy atom. The summed E-state index contributed by atoms with van der Waals surface area (Å²) in [4.78, 5) is 8.39. The normalized spacial score (nSPS) is 14.5. The van der Waals surface area contributed by atoms with Gasteiger partial charge >= 0.3 is 0 Å². The number of anilines is 1. The number of ether oxygens (including phenoxy) is 1. The molecule has 0 spiro atoms. The lowest BCUT2D eigenvalue weighted by molar-refractivity contribution is 0.331. The van der Waals surface area contributed by atoms with Crippen LogP contribution in [0.4, 0.5) is 5.13 Å². The van der Waals surface area contributed by atoms with Crippen LogP contribution in [-0.4, -0.2) is 24.7 Å². The molecule has 0 aliphatic carbocycles. The molecule has 5 heteroatoms. The monoisotopic (exact) mass is 303 g/mol. The first-order chi connectivity index (χ1) is 10.3. The fraction of sp³-hybridized carbons (Fsp3) is 0.438. The molecule has 0 unspecified atom stereocenters. The molecule has 3 rings (SSSR count). The molecule has 2 heterocycles. The minimum Gasteiger partial charge on any atom is -0.491 e. The molecule has 0 fully saturated rings. The first-order valence-corrected chi connectivity index (χ1v) is 8.22. The van der Waals surface area contributed by atoms with E-state index in [9.17, 15) is 0 Å². The Bertz CT molecular complexity index is 611. The van der Waals surface area contributed by atoms with Crippen molar-refractivity contribution >= 4 is 16.5 Å². The zero-order valence-corrected chi connectivity index (χ0v) is 13.4. The molecule has 0 amide bonds. The zero-order valence-electron chi connectivity index (χ0n) is 12.6. The number of nitrogens with one attached hydrogen (secondary N) is 1. The van der Waals surface area contributed by atoms with Gasteiger partial charge in [0.25, 0.3) is 0 Å². The van der Waals surface area contributed by atoms with E-state index < -0.39 is 0 Å². The number of para-hydroxylation sites is 1. The number of thiazole rings is 1. The maximum Gasteiger partial charge on any atom is 0.186 e. The lowest BCUT2D eigenvalue weighted by atomic mass is 10.2. The molecular formula is C16H21N3OS. The summed E-state index contributed by atoms with van der Waals surface area (Å²) in [5.41, 5.74) is 2.37. The predicted octanol–water partition coefficient (Wildman–Crippen LogP) is 2.96. The molecule has 21 heavy (non-hydrogen) atoms. The van der Waals surface area contributed by atoms with Crippen molar-refractivity contribution in [2.45, 2.75) is 26.9 Å². The van der Waals surface area contributed by atoms with Gasteiger partial charge in [-0.2, -0.15) is 0 Å². The quantitative estimate of drug-likeness (QED) is 0.942. The molecule has 4 nitrogen and oxygen atoms in total. The van der Waals surface area contributed by atoms with Crippen LogP contribution in [0.2, 0.25) is 0 Å². The van der Waals surface area contributed by atoms with Crippen LogP contribution in [0.3, 0.4) is 0 Å². The Hall–Kier alpha value is -1.59. The second kappa shape index (κ2) is 6.45. The maximum atomic E-state index is 5.82. The molecule has 1 aromatic heterocycles. The van der Waals surface area contributed by atoms with E-state index in [1.54, 1.807) is 11.3 Å². The van der Waals surface area contributed by atoms with Gasteiger partial charge in [0.15, 0.2) is 5.13 Å². The van der Waals surface area contributed by atoms with Gasteiger partial charge in [-0.05, 0) is 19.5 Å². The highest BCUT2D eigenvalue weighted by Gasteiger charge is 2.19. The SMILES string of the molecule is CCNCc1sc(N2CCOc3ccccc3C2)nc1C. The minimum absolute atomic E-state index is 0.707. The highest BCUT2D eigenvalue weighted by Crippen LogP contribution is 2.30. The van der Waals surface area contributed by atoms with Crippen LogP contribution in [0.1, 0.15) is 23.1 Å². The summed E-state index contributed by atoms with van der Waals surface area (Å²) >= 11 is 1.79. The van der Waals surface area contributed by atoms with E-state index in [2.05, 4.69) is 36.2 Å². The summed E-state index contributed by atoms with van der Waals surface area (Å²) < 4.78 is 5.82. The summed E-state index contributed by atoms with van der Waals surface area (Å²) in [6, 6.07) is 8.27. The van der Waals surface area contributed by atoms with E-state index in [0.717, 1.165) is 42.8 Å². The molecule has 2 aromatic rings. The highest BCUT2D eigenvalue weighted by molar-refractivity contribution is 7.15. The van der Waals surface area contributed by atoms with Gasteiger partial charge in [-0.1, -0.05) is 25.1 Å². The fourth-order valence-electron chi connectivity index (χ4n) is 2.44. The van der Waals surface area contributed by atoms with Gasteiger partial charge < -0.3 is 15.0 Å². The van der Waals surface area contributed by atoms with Crippen LogP contribution in [0.25, 0.3) is 0 Å². The first-order valence-electron chi connectivity index (χ1n) is 7.40. The standard InChI is InChI=1S/C16H21N3OS/c1-3-17-10-15-12(2)18-16(21-15)19-8-9-20-14-7-5-4-6-13(14)11-19/h4-7,17H,3,8-11H2,1-2H3. The minimum atomic E-state index is 0.707. The van der Waals surface area contributed by atoms with Crippen molar-refractivity contribution < 1.29 is 4.74 Å². The van der Waals surface area contributed by atoms with Crippen molar-refractivity contribution in [3.8, 4) is 5.75 Å². The van der Waals surface area contributed by atoms with Crippen LogP contribution >= 0.6 is 11.3 Å². The maximum absolute atomic E-state index is 5.82. The van der Waals surface area contributed by atoms with Crippen LogP contribution in [0.5, 0.6) is 5.75 Å². The summed E-state index contributed by atoms with van der Waals surface area (Å²) in [5.74, 6) is 1.00. The van der Waals surface area contributed by atoms with Crippen LogP contribution in [-0.2, 0) is 13.1 Å². The molecular weight excluding hydrogens is 282 g/mol. The largest absolute Gasteiger partial charge is 0.491 e. The average molecular weight is 303 g/mol. The number of aromatic nitrogens is 1. The molecule has 1 aromatic carbocycles. The Morgan fingerprint density at radius 1 is 1.38 bits per heavy atom. The number of rotatable bonds is 4. The van der Waals surface area contributed by atoms with E-state index in [1.807, 2.05) is 12.1 Å². The van der Waals surface area contributed by atoms with Crippen molar-refractivity contribution in [1.29, 1.82) is 0 Å². The number of hydrogen-bond acceptors (Lipinski definition) is 5. The summed E-state index contributed by atoms with van der Waals surface area (Å²) in [6.45, 7) is 8.55. The molecule has 0 saturated carbocycles. The number of nitrogens with zero attached hydrogens (tertiary/aromatic N) is 2.